The second-order valence-corrected chi connectivity index (χ2v) is 12.5. The van der Waals surface area contributed by atoms with E-state index in [0.717, 1.165) is 22.8 Å². The molecule has 0 saturated heterocycles. The number of hydrogen-bond acceptors (Lipinski definition) is 4. The summed E-state index contributed by atoms with van der Waals surface area (Å²) in [6, 6.07) is 23.2. The Morgan fingerprint density at radius 1 is 0.429 bits per heavy atom. The summed E-state index contributed by atoms with van der Waals surface area (Å²) in [6.07, 6.45) is 7.07. The Hall–Kier alpha value is -1.91. The number of aromatic nitrogens is 4. The van der Waals surface area contributed by atoms with Crippen LogP contribution in [-0.4, -0.2) is 19.9 Å². The van der Waals surface area contributed by atoms with E-state index >= 15 is 0 Å². The second-order valence-electron chi connectivity index (χ2n) is 5.00. The normalized spacial score (nSPS) is 9.89. The molecule has 0 aromatic carbocycles. The van der Waals surface area contributed by atoms with Gasteiger partial charge in [0.05, 0.1) is 22.8 Å². The van der Waals surface area contributed by atoms with Gasteiger partial charge in [-0.2, -0.15) is 0 Å². The van der Waals surface area contributed by atoms with E-state index in [1.165, 1.54) is 0 Å². The van der Waals surface area contributed by atoms with Gasteiger partial charge in [-0.1, -0.05) is 24.3 Å². The largest absolute Gasteiger partial charge is 0.255 e. The van der Waals surface area contributed by atoms with E-state index in [1.54, 1.807) is 24.8 Å². The Morgan fingerprint density at radius 2 is 0.643 bits per heavy atom. The van der Waals surface area contributed by atoms with Gasteiger partial charge in [-0.25, -0.2) is 0 Å². The standard InChI is InChI=1S/2C10H8N2.3ClH.Rh/c2*1-3-7-11-9(5-1)10-6-2-4-8-12-10;;;;/h2*1-8H;3*1H;/q;;;;;+3/p-3. The molecule has 0 saturated carbocycles. The molecule has 4 nitrogen and oxygen atoms in total. The molecule has 0 fully saturated rings. The summed E-state index contributed by atoms with van der Waals surface area (Å²) in [5.74, 6) is 0. The summed E-state index contributed by atoms with van der Waals surface area (Å²) in [7, 11) is 14.8. The van der Waals surface area contributed by atoms with Crippen LogP contribution < -0.4 is 0 Å². The first-order valence-electron chi connectivity index (χ1n) is 7.96. The van der Waals surface area contributed by atoms with Crippen LogP contribution in [0, 0.1) is 0 Å². The van der Waals surface area contributed by atoms with Gasteiger partial charge in [0.15, 0.2) is 0 Å². The summed E-state index contributed by atoms with van der Waals surface area (Å²) in [5, 5.41) is 0. The average molecular weight is 522 g/mol. The number of pyridine rings is 4. The molecule has 4 aromatic rings. The average Bonchev–Trinajstić information content (AvgIpc) is 2.76. The van der Waals surface area contributed by atoms with E-state index in [9.17, 15) is 0 Å². The molecule has 4 aromatic heterocycles. The first kappa shape index (κ1) is 22.4. The predicted octanol–water partition coefficient (Wildman–Crippen LogP) is 6.35. The van der Waals surface area contributed by atoms with Crippen LogP contribution in [-0.2, 0) is 13.0 Å². The maximum absolute atomic E-state index is 4.94. The summed E-state index contributed by atoms with van der Waals surface area (Å²) in [4.78, 5) is 16.7. The molecule has 0 spiro atoms. The van der Waals surface area contributed by atoms with Crippen LogP contribution in [0.15, 0.2) is 97.6 Å². The molecule has 4 rings (SSSR count). The van der Waals surface area contributed by atoms with E-state index in [1.807, 2.05) is 72.8 Å². The van der Waals surface area contributed by atoms with E-state index in [4.69, 9.17) is 29.1 Å². The quantitative estimate of drug-likeness (QED) is 0.288. The zero-order valence-electron chi connectivity index (χ0n) is 14.5. The van der Waals surface area contributed by atoms with Crippen molar-refractivity contribution in [2.24, 2.45) is 0 Å². The molecule has 0 N–H and O–H groups in total. The number of rotatable bonds is 2. The molecule has 0 amide bonds. The summed E-state index contributed by atoms with van der Waals surface area (Å²) in [6.45, 7) is 0. The summed E-state index contributed by atoms with van der Waals surface area (Å²) < 4.78 is 0. The van der Waals surface area contributed by atoms with E-state index in [2.05, 4.69) is 19.9 Å². The van der Waals surface area contributed by atoms with Crippen molar-refractivity contribution in [2.75, 3.05) is 0 Å². The molecule has 0 atom stereocenters. The van der Waals surface area contributed by atoms with Gasteiger partial charge in [0.25, 0.3) is 0 Å². The Balaban J connectivity index is 0.000000169. The van der Waals surface area contributed by atoms with Crippen molar-refractivity contribution in [3.63, 3.8) is 0 Å². The molecule has 0 aliphatic rings. The van der Waals surface area contributed by atoms with Crippen molar-refractivity contribution < 1.29 is 13.0 Å². The molecular weight excluding hydrogens is 506 g/mol. The Bertz CT molecular complexity index is 747. The van der Waals surface area contributed by atoms with Crippen LogP contribution in [0.4, 0.5) is 0 Å². The van der Waals surface area contributed by atoms with Gasteiger partial charge in [-0.05, 0) is 48.5 Å². The molecular formula is C20H16Cl3N4Rh. The van der Waals surface area contributed by atoms with E-state index < -0.39 is 13.0 Å². The van der Waals surface area contributed by atoms with Gasteiger partial charge in [-0.15, -0.1) is 0 Å². The molecule has 146 valence electrons. The third-order valence-electron chi connectivity index (χ3n) is 3.18. The van der Waals surface area contributed by atoms with Crippen molar-refractivity contribution in [1.82, 2.24) is 19.9 Å². The minimum Gasteiger partial charge on any atom is -0.255 e. The smallest absolute Gasteiger partial charge is 0.0886 e. The monoisotopic (exact) mass is 520 g/mol. The SMILES string of the molecule is [Cl][Rh]([Cl])[Cl].c1ccc(-c2ccccn2)nc1.c1ccc(-c2ccccn2)nc1. The third kappa shape index (κ3) is 8.85. The number of halogens is 3. The summed E-state index contributed by atoms with van der Waals surface area (Å²) >= 11 is -1.66. The summed E-state index contributed by atoms with van der Waals surface area (Å²) in [5.41, 5.74) is 3.66. The number of nitrogens with zero attached hydrogens (tertiary/aromatic N) is 4. The van der Waals surface area contributed by atoms with Crippen molar-refractivity contribution in [3.8, 4) is 22.8 Å². The first-order chi connectivity index (χ1) is 13.7. The zero-order chi connectivity index (χ0) is 20.0. The van der Waals surface area contributed by atoms with Crippen LogP contribution >= 0.6 is 29.1 Å². The van der Waals surface area contributed by atoms with Gasteiger partial charge >= 0.3 is 42.1 Å². The molecule has 8 heteroatoms. The van der Waals surface area contributed by atoms with Crippen molar-refractivity contribution in [1.29, 1.82) is 0 Å². The zero-order valence-corrected chi connectivity index (χ0v) is 18.4. The van der Waals surface area contributed by atoms with Crippen LogP contribution in [0.25, 0.3) is 22.8 Å². The van der Waals surface area contributed by atoms with Crippen LogP contribution in [0.3, 0.4) is 0 Å². The number of hydrogen-bond donors (Lipinski definition) is 0. The van der Waals surface area contributed by atoms with E-state index in [-0.39, 0.29) is 0 Å². The fourth-order valence-corrected chi connectivity index (χ4v) is 2.06. The minimum absolute atomic E-state index is 0.915. The van der Waals surface area contributed by atoms with Gasteiger partial charge in [0.2, 0.25) is 0 Å². The van der Waals surface area contributed by atoms with Crippen molar-refractivity contribution in [2.45, 2.75) is 0 Å². The topological polar surface area (TPSA) is 51.6 Å². The second kappa shape index (κ2) is 13.3. The first-order valence-corrected chi connectivity index (χ1v) is 14.3. The van der Waals surface area contributed by atoms with Gasteiger partial charge in [-0.3, -0.25) is 19.9 Å². The van der Waals surface area contributed by atoms with Crippen molar-refractivity contribution >= 4 is 29.1 Å². The molecule has 0 radical (unpaired) electrons. The maximum Gasteiger partial charge on any atom is 0.0886 e. The maximum atomic E-state index is 4.94. The fourth-order valence-electron chi connectivity index (χ4n) is 2.06. The Kier molecular flexibility index (Phi) is 10.6. The molecule has 0 aliphatic heterocycles. The fraction of sp³-hybridized carbons (Fsp3) is 0. The molecule has 0 aliphatic carbocycles. The van der Waals surface area contributed by atoms with Gasteiger partial charge in [0, 0.05) is 24.8 Å². The molecule has 4 heterocycles. The minimum atomic E-state index is -1.66. The van der Waals surface area contributed by atoms with Crippen LogP contribution in [0.1, 0.15) is 0 Å². The van der Waals surface area contributed by atoms with Gasteiger partial charge < -0.3 is 0 Å². The van der Waals surface area contributed by atoms with Crippen molar-refractivity contribution in [3.05, 3.63) is 97.6 Å². The van der Waals surface area contributed by atoms with Crippen LogP contribution in [0.5, 0.6) is 0 Å². The molecule has 28 heavy (non-hydrogen) atoms. The van der Waals surface area contributed by atoms with Gasteiger partial charge in [0.1, 0.15) is 0 Å². The Morgan fingerprint density at radius 3 is 0.786 bits per heavy atom. The van der Waals surface area contributed by atoms with Crippen LogP contribution in [0.2, 0.25) is 0 Å². The third-order valence-corrected chi connectivity index (χ3v) is 3.18. The predicted molar refractivity (Wildman–Crippen MR) is 112 cm³/mol. The molecule has 0 unspecified atom stereocenters. The Labute approximate surface area is 181 Å². The molecule has 0 bridgehead atoms. The van der Waals surface area contributed by atoms with E-state index in [0.29, 0.717) is 0 Å².